The maximum Gasteiger partial charge on any atom is 0.416 e. The van der Waals surface area contributed by atoms with E-state index >= 15 is 0 Å². The van der Waals surface area contributed by atoms with Gasteiger partial charge in [-0.25, -0.2) is 0 Å². The summed E-state index contributed by atoms with van der Waals surface area (Å²) in [7, 11) is 1.76. The summed E-state index contributed by atoms with van der Waals surface area (Å²) in [5.41, 5.74) is -0.676. The molecule has 1 amide bonds. The Labute approximate surface area is 244 Å². The lowest BCUT2D eigenvalue weighted by atomic mass is 10.0. The van der Waals surface area contributed by atoms with E-state index in [9.17, 15) is 28.1 Å². The Morgan fingerprint density at radius 1 is 1.10 bits per heavy atom. The summed E-state index contributed by atoms with van der Waals surface area (Å²) in [6.07, 6.45) is 11.7. The van der Waals surface area contributed by atoms with Crippen molar-refractivity contribution in [3.8, 4) is 5.75 Å². The van der Waals surface area contributed by atoms with Crippen molar-refractivity contribution in [2.24, 2.45) is 5.92 Å². The molecule has 236 valence electrons. The predicted molar refractivity (Wildman–Crippen MR) is 159 cm³/mol. The largest absolute Gasteiger partial charge is 0.493 e. The summed E-state index contributed by atoms with van der Waals surface area (Å²) in [6.45, 7) is 11.4. The van der Waals surface area contributed by atoms with Crippen LogP contribution in [0.1, 0.15) is 98.0 Å². The SMILES string of the molecule is C/C=C\CCCC(=O)N(C)CCCCO[N+](=O)[O-].CC.CCCC(/C=C/CCOc1cccc(C(F)(F)F)c1)CC. The molecule has 1 unspecified atom stereocenters. The molecule has 1 rings (SSSR count). The van der Waals surface area contributed by atoms with Crippen molar-refractivity contribution in [3.63, 3.8) is 0 Å². The first-order chi connectivity index (χ1) is 19.5. The zero-order chi connectivity index (χ0) is 31.5. The van der Waals surface area contributed by atoms with Gasteiger partial charge in [-0.05, 0) is 76.0 Å². The molecule has 0 spiro atoms. The molecule has 0 aliphatic heterocycles. The second-order valence-corrected chi connectivity index (χ2v) is 9.09. The summed E-state index contributed by atoms with van der Waals surface area (Å²) in [6, 6.07) is 4.99. The third-order valence-electron chi connectivity index (χ3n) is 5.81. The topological polar surface area (TPSA) is 81.9 Å². The lowest BCUT2D eigenvalue weighted by Crippen LogP contribution is -2.27. The molecule has 41 heavy (non-hydrogen) atoms. The Bertz CT molecular complexity index is 860. The van der Waals surface area contributed by atoms with Gasteiger partial charge in [-0.1, -0.05) is 64.5 Å². The number of alkyl halides is 3. The molecule has 0 heterocycles. The molecule has 0 bridgehead atoms. The van der Waals surface area contributed by atoms with Gasteiger partial charge < -0.3 is 14.5 Å². The van der Waals surface area contributed by atoms with E-state index in [-0.39, 0.29) is 18.3 Å². The van der Waals surface area contributed by atoms with Crippen LogP contribution in [0.25, 0.3) is 0 Å². The zero-order valence-corrected chi connectivity index (χ0v) is 25.8. The van der Waals surface area contributed by atoms with Crippen LogP contribution in [-0.4, -0.2) is 42.7 Å². The highest BCUT2D eigenvalue weighted by Gasteiger charge is 2.30. The number of rotatable bonds is 18. The fourth-order valence-electron chi connectivity index (χ4n) is 3.55. The normalized spacial score (nSPS) is 11.7. The summed E-state index contributed by atoms with van der Waals surface area (Å²) in [5, 5.41) is 9.09. The molecule has 0 aromatic heterocycles. The van der Waals surface area contributed by atoms with Gasteiger partial charge in [0.15, 0.2) is 0 Å². The van der Waals surface area contributed by atoms with Gasteiger partial charge in [0.05, 0.1) is 18.8 Å². The molecule has 7 nitrogen and oxygen atoms in total. The van der Waals surface area contributed by atoms with Gasteiger partial charge in [-0.2, -0.15) is 13.2 Å². The number of allylic oxidation sites excluding steroid dienone is 3. The molecule has 0 aliphatic carbocycles. The molecule has 0 saturated heterocycles. The van der Waals surface area contributed by atoms with Crippen molar-refractivity contribution in [1.29, 1.82) is 0 Å². The molecule has 0 radical (unpaired) electrons. The smallest absolute Gasteiger partial charge is 0.416 e. The Balaban J connectivity index is 0. The molecule has 0 N–H and O–H groups in total. The fraction of sp³-hybridized carbons (Fsp3) is 0.645. The van der Waals surface area contributed by atoms with Crippen LogP contribution in [0.5, 0.6) is 5.75 Å². The van der Waals surface area contributed by atoms with Crippen molar-refractivity contribution in [2.45, 2.75) is 98.6 Å². The number of nitrogens with zero attached hydrogens (tertiary/aromatic N) is 2. The highest BCUT2D eigenvalue weighted by atomic mass is 19.4. The highest BCUT2D eigenvalue weighted by molar-refractivity contribution is 5.75. The van der Waals surface area contributed by atoms with E-state index in [1.807, 2.05) is 32.9 Å². The number of halogens is 3. The number of amides is 1. The van der Waals surface area contributed by atoms with Crippen molar-refractivity contribution in [1.82, 2.24) is 4.90 Å². The van der Waals surface area contributed by atoms with E-state index in [1.54, 1.807) is 18.0 Å². The quantitative estimate of drug-likeness (QED) is 0.0739. The van der Waals surface area contributed by atoms with E-state index in [4.69, 9.17) is 4.74 Å². The number of unbranched alkanes of at least 4 members (excludes halogenated alkanes) is 2. The number of ether oxygens (including phenoxy) is 1. The maximum atomic E-state index is 12.5. The van der Waals surface area contributed by atoms with Gasteiger partial charge >= 0.3 is 6.18 Å². The number of carbonyl (C=O) groups is 1. The predicted octanol–water partition coefficient (Wildman–Crippen LogP) is 9.06. The number of hydrogen-bond donors (Lipinski definition) is 0. The van der Waals surface area contributed by atoms with Gasteiger partial charge in [0.2, 0.25) is 5.91 Å². The van der Waals surface area contributed by atoms with E-state index < -0.39 is 16.8 Å². The summed E-state index contributed by atoms with van der Waals surface area (Å²) >= 11 is 0. The average molecular weight is 589 g/mol. The summed E-state index contributed by atoms with van der Waals surface area (Å²) in [5.74, 6) is 0.970. The molecule has 1 aromatic rings. The molecule has 1 atom stereocenters. The molecular weight excluding hydrogens is 537 g/mol. The number of hydrogen-bond acceptors (Lipinski definition) is 5. The van der Waals surface area contributed by atoms with Gasteiger partial charge in [-0.3, -0.25) is 4.79 Å². The third kappa shape index (κ3) is 23.4. The van der Waals surface area contributed by atoms with Gasteiger partial charge in [0.25, 0.3) is 5.09 Å². The van der Waals surface area contributed by atoms with Crippen molar-refractivity contribution in [2.75, 3.05) is 26.8 Å². The Hall–Kier alpha value is -3.04. The van der Waals surface area contributed by atoms with Crippen LogP contribution in [-0.2, 0) is 15.8 Å². The van der Waals surface area contributed by atoms with Crippen LogP contribution in [0, 0.1) is 16.0 Å². The third-order valence-corrected chi connectivity index (χ3v) is 5.81. The van der Waals surface area contributed by atoms with Crippen LogP contribution < -0.4 is 4.74 Å². The zero-order valence-electron chi connectivity index (χ0n) is 25.8. The van der Waals surface area contributed by atoms with Gasteiger partial charge in [0, 0.05) is 20.0 Å². The second kappa shape index (κ2) is 25.9. The highest BCUT2D eigenvalue weighted by Crippen LogP contribution is 2.31. The Morgan fingerprint density at radius 2 is 1.80 bits per heavy atom. The van der Waals surface area contributed by atoms with E-state index in [0.717, 1.165) is 37.8 Å². The van der Waals surface area contributed by atoms with Crippen LogP contribution in [0.2, 0.25) is 0 Å². The Morgan fingerprint density at radius 3 is 2.39 bits per heavy atom. The van der Waals surface area contributed by atoms with Crippen molar-refractivity contribution < 1.29 is 32.6 Å². The minimum absolute atomic E-state index is 0.0936. The maximum absolute atomic E-state index is 12.5. The van der Waals surface area contributed by atoms with Crippen molar-refractivity contribution in [3.05, 3.63) is 64.2 Å². The molecule has 10 heteroatoms. The molecule has 1 aromatic carbocycles. The second-order valence-electron chi connectivity index (χ2n) is 9.09. The fourth-order valence-corrected chi connectivity index (χ4v) is 3.55. The molecule has 0 aliphatic rings. The minimum Gasteiger partial charge on any atom is -0.493 e. The molecular formula is C31H51F3N2O5. The van der Waals surface area contributed by atoms with Gasteiger partial charge in [0.1, 0.15) is 5.75 Å². The lowest BCUT2D eigenvalue weighted by Gasteiger charge is -2.16. The standard InChI is InChI=1S/C17H23F3O.C12H22N2O4.C2H6/c1-3-8-14(4-2)9-5-6-12-21-16-11-7-10-15(13-16)17(18,19)20;1-3-4-5-6-9-12(15)13(2)10-7-8-11-18-14(16)17;1-2/h5,7,9-11,13-14H,3-4,6,8,12H2,1-2H3;3-4H,5-11H2,1-2H3;1-2H3/b9-5+;4-3-;. The first-order valence-electron chi connectivity index (χ1n) is 14.6. The Kier molecular flexibility index (Phi) is 25.3. The molecule has 0 fully saturated rings. The number of benzene rings is 1. The van der Waals surface area contributed by atoms with E-state index in [0.29, 0.717) is 44.8 Å². The molecule has 0 saturated carbocycles. The van der Waals surface area contributed by atoms with Crippen molar-refractivity contribution >= 4 is 5.91 Å². The van der Waals surface area contributed by atoms with E-state index in [1.165, 1.54) is 12.5 Å². The van der Waals surface area contributed by atoms with E-state index in [2.05, 4.69) is 30.8 Å². The van der Waals surface area contributed by atoms with Crippen LogP contribution in [0.4, 0.5) is 13.2 Å². The monoisotopic (exact) mass is 588 g/mol. The first-order valence-corrected chi connectivity index (χ1v) is 14.6. The summed E-state index contributed by atoms with van der Waals surface area (Å²) < 4.78 is 43.0. The van der Waals surface area contributed by atoms with Crippen LogP contribution >= 0.6 is 0 Å². The first kappa shape index (κ1) is 40.1. The van der Waals surface area contributed by atoms with Gasteiger partial charge in [-0.15, -0.1) is 10.1 Å². The van der Waals surface area contributed by atoms with Crippen LogP contribution in [0.3, 0.4) is 0 Å². The minimum atomic E-state index is -4.33. The van der Waals surface area contributed by atoms with Crippen LogP contribution in [0.15, 0.2) is 48.6 Å². The average Bonchev–Trinajstić information content (AvgIpc) is 2.95. The lowest BCUT2D eigenvalue weighted by molar-refractivity contribution is -0.757. The number of carbonyl (C=O) groups excluding carboxylic acids is 1. The summed E-state index contributed by atoms with van der Waals surface area (Å²) in [4.78, 5) is 27.4.